The molecule has 3 aromatic rings. The summed E-state index contributed by atoms with van der Waals surface area (Å²) in [4.78, 5) is 26.5. The first-order chi connectivity index (χ1) is 15.1. The molecular weight excluding hydrogens is 418 g/mol. The Morgan fingerprint density at radius 1 is 1.22 bits per heavy atom. The predicted octanol–water partition coefficient (Wildman–Crippen LogP) is 3.25. The van der Waals surface area contributed by atoms with E-state index in [9.17, 15) is 13.6 Å². The van der Waals surface area contributed by atoms with Gasteiger partial charge in [-0.3, -0.25) is 9.78 Å². The van der Waals surface area contributed by atoms with E-state index in [4.69, 9.17) is 5.10 Å². The number of pyridine rings is 1. The number of nitrogens with two attached hydrogens (primary N) is 1. The van der Waals surface area contributed by atoms with E-state index in [0.29, 0.717) is 17.6 Å². The van der Waals surface area contributed by atoms with Crippen LogP contribution in [0, 0.1) is 5.92 Å². The number of halogens is 2. The molecule has 1 unspecified atom stereocenters. The maximum atomic E-state index is 11.4. The molecule has 4 rings (SSSR count). The first-order valence-corrected chi connectivity index (χ1v) is 10.2. The molecule has 9 nitrogen and oxygen atoms in total. The monoisotopic (exact) mass is 448 g/mol. The first-order valence-electron chi connectivity index (χ1n) is 10.2. The van der Waals surface area contributed by atoms with Crippen LogP contribution < -0.4 is 16.0 Å². The number of carbonyl (C=O) groups excluding carboxylic acids is 1. The van der Waals surface area contributed by atoms with Gasteiger partial charge in [-0.15, -0.1) is 5.10 Å². The Morgan fingerprint density at radius 3 is 2.44 bits per heavy atom. The smallest absolute Gasteiger partial charge is 0.242 e. The van der Waals surface area contributed by atoms with Crippen molar-refractivity contribution >= 4 is 28.4 Å². The summed E-state index contributed by atoms with van der Waals surface area (Å²) in [6.45, 7) is 7.36. The third-order valence-electron chi connectivity index (χ3n) is 4.34. The molecule has 1 atom stereocenters. The number of carbonyl (C=O) groups is 1. The highest BCUT2D eigenvalue weighted by Gasteiger charge is 2.25. The second-order valence-electron chi connectivity index (χ2n) is 7.73. The molecule has 1 aliphatic rings. The number of anilines is 2. The van der Waals surface area contributed by atoms with Gasteiger partial charge in [0.2, 0.25) is 11.8 Å². The highest BCUT2D eigenvalue weighted by atomic mass is 19.3. The molecule has 0 radical (unpaired) electrons. The van der Waals surface area contributed by atoms with Crippen molar-refractivity contribution in [1.82, 2.24) is 24.7 Å². The van der Waals surface area contributed by atoms with E-state index in [1.807, 2.05) is 6.07 Å². The highest BCUT2D eigenvalue weighted by molar-refractivity contribution is 5.95. The Morgan fingerprint density at radius 2 is 1.91 bits per heavy atom. The summed E-state index contributed by atoms with van der Waals surface area (Å²) in [5.74, 6) is -0.00133. The number of nitrogens with zero attached hydrogens (tertiary/aromatic N) is 6. The number of rotatable bonds is 3. The van der Waals surface area contributed by atoms with Crippen LogP contribution in [-0.2, 0) is 4.79 Å². The third-order valence-corrected chi connectivity index (χ3v) is 4.34. The van der Waals surface area contributed by atoms with E-state index in [2.05, 4.69) is 37.8 Å². The van der Waals surface area contributed by atoms with Gasteiger partial charge in [0.25, 0.3) is 0 Å². The van der Waals surface area contributed by atoms with E-state index in [0.717, 1.165) is 50.1 Å². The van der Waals surface area contributed by atoms with Crippen molar-refractivity contribution < 1.29 is 13.6 Å². The lowest BCUT2D eigenvalue weighted by atomic mass is 10.2. The van der Waals surface area contributed by atoms with Crippen molar-refractivity contribution in [1.29, 1.82) is 0 Å². The quantitative estimate of drug-likeness (QED) is 0.632. The maximum Gasteiger partial charge on any atom is 0.242 e. The second-order valence-corrected chi connectivity index (χ2v) is 7.73. The number of hydrogen-bond acceptors (Lipinski definition) is 7. The van der Waals surface area contributed by atoms with Gasteiger partial charge in [0.15, 0.2) is 11.6 Å². The molecule has 0 saturated carbocycles. The van der Waals surface area contributed by atoms with Crippen LogP contribution in [0.4, 0.5) is 20.4 Å². The third kappa shape index (κ3) is 6.91. The molecule has 174 valence electrons. The zero-order chi connectivity index (χ0) is 23.9. The maximum absolute atomic E-state index is 11.4. The lowest BCUT2D eigenvalue weighted by Gasteiger charge is -2.14. The van der Waals surface area contributed by atoms with Crippen LogP contribution in [0.15, 0.2) is 30.9 Å². The van der Waals surface area contributed by atoms with Crippen molar-refractivity contribution in [3.8, 4) is 5.82 Å². The zero-order valence-electron chi connectivity index (χ0n) is 19.0. The molecule has 0 aliphatic carbocycles. The summed E-state index contributed by atoms with van der Waals surface area (Å²) in [6.07, 6.45) is 7.84. The number of nitrogens with one attached hydrogen (secondary N) is 1. The minimum absolute atomic E-state index is 0.161. The van der Waals surface area contributed by atoms with Crippen LogP contribution in [0.25, 0.3) is 16.7 Å². The number of aromatic nitrogens is 5. The lowest BCUT2D eigenvalue weighted by molar-refractivity contribution is -0.114. The van der Waals surface area contributed by atoms with Crippen LogP contribution in [0.1, 0.15) is 34.1 Å². The second kappa shape index (κ2) is 10.9. The summed E-state index contributed by atoms with van der Waals surface area (Å²) in [5.41, 5.74) is 5.34. The number of fused-ring (bicyclic) bond motifs is 1. The topological polar surface area (TPSA) is 115 Å². The Kier molecular flexibility index (Phi) is 8.53. The Hall–Kier alpha value is -3.21. The molecule has 1 amide bonds. The predicted molar refractivity (Wildman–Crippen MR) is 121 cm³/mol. The fourth-order valence-corrected chi connectivity index (χ4v) is 3.18. The molecule has 1 saturated heterocycles. The molecule has 11 heteroatoms. The fraction of sp³-hybridized carbons (Fsp3) is 0.476. The summed E-state index contributed by atoms with van der Waals surface area (Å²) in [5, 5.41) is 8.44. The van der Waals surface area contributed by atoms with E-state index in [1.165, 1.54) is 14.0 Å². The molecule has 0 spiro atoms. The first kappa shape index (κ1) is 25.1. The Labute approximate surface area is 186 Å². The average Bonchev–Trinajstić information content (AvgIpc) is 3.32. The Balaban J connectivity index is 0.000000460. The highest BCUT2D eigenvalue weighted by Crippen LogP contribution is 2.32. The molecule has 1 aliphatic heterocycles. The van der Waals surface area contributed by atoms with Gasteiger partial charge in [-0.1, -0.05) is 6.92 Å². The van der Waals surface area contributed by atoms with Crippen molar-refractivity contribution in [3.05, 3.63) is 30.9 Å². The van der Waals surface area contributed by atoms with Crippen LogP contribution >= 0.6 is 0 Å². The average molecular weight is 449 g/mol. The minimum Gasteiger partial charge on any atom is -0.354 e. The van der Waals surface area contributed by atoms with E-state index < -0.39 is 5.92 Å². The normalized spacial score (nSPS) is 15.5. The molecule has 32 heavy (non-hydrogen) atoms. The fourth-order valence-electron chi connectivity index (χ4n) is 3.18. The molecule has 4 heterocycles. The van der Waals surface area contributed by atoms with Gasteiger partial charge in [0, 0.05) is 44.7 Å². The molecule has 3 aromatic heterocycles. The molecule has 0 aromatic carbocycles. The lowest BCUT2D eigenvalue weighted by Crippen LogP contribution is -2.20. The summed E-state index contributed by atoms with van der Waals surface area (Å²) < 4.78 is 23.8. The largest absolute Gasteiger partial charge is 0.354 e. The Bertz CT molecular complexity index is 1010. The summed E-state index contributed by atoms with van der Waals surface area (Å²) in [6, 6.07) is 1.82. The van der Waals surface area contributed by atoms with Gasteiger partial charge in [-0.25, -0.2) is 23.4 Å². The zero-order valence-corrected chi connectivity index (χ0v) is 19.0. The van der Waals surface area contributed by atoms with Gasteiger partial charge in [-0.05, 0) is 33.2 Å². The molecular formula is C21H30F2N8O. The molecule has 1 fully saturated rings. The summed E-state index contributed by atoms with van der Waals surface area (Å²) in [7, 11) is 1.50. The standard InChI is InChI=1S/C17H19N7O.C3H6F2.CH5N/c1-11-3-6-23(10-11)17-13-8-20-15(21-12(2)25)7-14(13)24(22-17)16-9-18-4-5-19-16;1-3(2,4)5;1-2/h4-5,7-9,11H,3,6,10H2,1-2H3,(H,20,21,25);1-2H3;2H2,1H3. The van der Waals surface area contributed by atoms with Gasteiger partial charge in [0.1, 0.15) is 5.82 Å². The minimum atomic E-state index is -2.50. The van der Waals surface area contributed by atoms with Crippen molar-refractivity contribution in [2.75, 3.05) is 30.4 Å². The van der Waals surface area contributed by atoms with Crippen LogP contribution in [-0.4, -0.2) is 56.7 Å². The number of hydrogen-bond donors (Lipinski definition) is 2. The SMILES string of the molecule is CC(=O)Nc1cc2c(cn1)c(N1CCC(C)C1)nn2-c1cnccn1.CC(C)(F)F.CN. The molecule has 3 N–H and O–H groups in total. The van der Waals surface area contributed by atoms with Crippen LogP contribution in [0.3, 0.4) is 0 Å². The van der Waals surface area contributed by atoms with Crippen LogP contribution in [0.2, 0.25) is 0 Å². The number of alkyl halides is 2. The van der Waals surface area contributed by atoms with Crippen molar-refractivity contribution in [2.24, 2.45) is 11.7 Å². The van der Waals surface area contributed by atoms with Gasteiger partial charge < -0.3 is 16.0 Å². The summed E-state index contributed by atoms with van der Waals surface area (Å²) >= 11 is 0. The van der Waals surface area contributed by atoms with E-state index in [-0.39, 0.29) is 5.91 Å². The van der Waals surface area contributed by atoms with Gasteiger partial charge in [0.05, 0.1) is 17.1 Å². The molecule has 0 bridgehead atoms. The van der Waals surface area contributed by atoms with Crippen LogP contribution in [0.5, 0.6) is 0 Å². The van der Waals surface area contributed by atoms with E-state index >= 15 is 0 Å². The number of amides is 1. The van der Waals surface area contributed by atoms with Gasteiger partial charge >= 0.3 is 0 Å². The van der Waals surface area contributed by atoms with Crippen molar-refractivity contribution in [2.45, 2.75) is 40.0 Å². The van der Waals surface area contributed by atoms with E-state index in [1.54, 1.807) is 29.5 Å². The van der Waals surface area contributed by atoms with Gasteiger partial charge in [-0.2, -0.15) is 0 Å². The van der Waals surface area contributed by atoms with Crippen molar-refractivity contribution in [3.63, 3.8) is 0 Å².